The van der Waals surface area contributed by atoms with Crippen molar-refractivity contribution >= 4 is 0 Å². The summed E-state index contributed by atoms with van der Waals surface area (Å²) in [5, 5.41) is 0. The van der Waals surface area contributed by atoms with Crippen molar-refractivity contribution in [2.75, 3.05) is 19.8 Å². The molecule has 108 valence electrons. The van der Waals surface area contributed by atoms with Crippen molar-refractivity contribution < 1.29 is 9.47 Å². The number of hydrogen-bond acceptors (Lipinski definition) is 3. The van der Waals surface area contributed by atoms with E-state index in [9.17, 15) is 0 Å². The quantitative estimate of drug-likeness (QED) is 0.732. The van der Waals surface area contributed by atoms with Crippen LogP contribution in [0.15, 0.2) is 18.2 Å². The van der Waals surface area contributed by atoms with E-state index in [-0.39, 0.29) is 6.04 Å². The third-order valence-corrected chi connectivity index (χ3v) is 3.05. The van der Waals surface area contributed by atoms with Crippen LogP contribution in [0.2, 0.25) is 0 Å². The van der Waals surface area contributed by atoms with Gasteiger partial charge in [-0.2, -0.15) is 0 Å². The maximum atomic E-state index is 5.85. The molecule has 19 heavy (non-hydrogen) atoms. The molecule has 1 rings (SSSR count). The molecule has 0 aliphatic rings. The summed E-state index contributed by atoms with van der Waals surface area (Å²) in [4.78, 5) is 0. The Morgan fingerprint density at radius 2 is 1.84 bits per heavy atom. The summed E-state index contributed by atoms with van der Waals surface area (Å²) in [7, 11) is 0. The van der Waals surface area contributed by atoms with Crippen molar-refractivity contribution in [1.82, 2.24) is 0 Å². The van der Waals surface area contributed by atoms with Crippen LogP contribution in [-0.4, -0.2) is 19.8 Å². The molecule has 1 aromatic rings. The molecule has 3 heteroatoms. The summed E-state index contributed by atoms with van der Waals surface area (Å²) in [6, 6.07) is 6.15. The molecular weight excluding hydrogens is 238 g/mol. The van der Waals surface area contributed by atoms with E-state index in [1.165, 1.54) is 0 Å². The molecule has 0 fully saturated rings. The Kier molecular flexibility index (Phi) is 6.89. The van der Waals surface area contributed by atoms with E-state index in [0.29, 0.717) is 19.1 Å². The Hall–Kier alpha value is -1.06. The topological polar surface area (TPSA) is 44.5 Å². The standard InChI is InChI=1S/C16H27NO2/c1-12(2)7-8-18-9-10-19-16-6-5-15(14(4)17)11-13(16)3/h5-6,11-12,14H,7-10,17H2,1-4H3/t14-/m1/s1. The van der Waals surface area contributed by atoms with Gasteiger partial charge in [-0.15, -0.1) is 0 Å². The van der Waals surface area contributed by atoms with E-state index < -0.39 is 0 Å². The lowest BCUT2D eigenvalue weighted by atomic mass is 10.1. The third-order valence-electron chi connectivity index (χ3n) is 3.05. The summed E-state index contributed by atoms with van der Waals surface area (Å²) in [6.45, 7) is 10.5. The molecule has 0 aromatic heterocycles. The van der Waals surface area contributed by atoms with Gasteiger partial charge in [0, 0.05) is 12.6 Å². The van der Waals surface area contributed by atoms with Crippen LogP contribution < -0.4 is 10.5 Å². The lowest BCUT2D eigenvalue weighted by Gasteiger charge is -2.12. The maximum Gasteiger partial charge on any atom is 0.122 e. The van der Waals surface area contributed by atoms with Crippen molar-refractivity contribution in [2.24, 2.45) is 11.7 Å². The first-order valence-corrected chi connectivity index (χ1v) is 7.07. The van der Waals surface area contributed by atoms with Gasteiger partial charge in [-0.05, 0) is 43.4 Å². The van der Waals surface area contributed by atoms with Crippen LogP contribution in [0, 0.1) is 12.8 Å². The second kappa shape index (κ2) is 8.18. The van der Waals surface area contributed by atoms with Crippen LogP contribution in [0.4, 0.5) is 0 Å². The zero-order valence-corrected chi connectivity index (χ0v) is 12.6. The van der Waals surface area contributed by atoms with Gasteiger partial charge in [-0.3, -0.25) is 0 Å². The minimum absolute atomic E-state index is 0.0621. The second-order valence-corrected chi connectivity index (χ2v) is 5.46. The molecule has 0 aliphatic heterocycles. The van der Waals surface area contributed by atoms with Crippen LogP contribution in [0.3, 0.4) is 0 Å². The summed E-state index contributed by atoms with van der Waals surface area (Å²) < 4.78 is 11.2. The van der Waals surface area contributed by atoms with Gasteiger partial charge in [0.25, 0.3) is 0 Å². The van der Waals surface area contributed by atoms with E-state index >= 15 is 0 Å². The van der Waals surface area contributed by atoms with Gasteiger partial charge in [0.1, 0.15) is 12.4 Å². The molecule has 0 aliphatic carbocycles. The lowest BCUT2D eigenvalue weighted by Crippen LogP contribution is -2.10. The fraction of sp³-hybridized carbons (Fsp3) is 0.625. The molecule has 0 radical (unpaired) electrons. The first kappa shape index (κ1) is 16.0. The monoisotopic (exact) mass is 265 g/mol. The molecule has 1 aromatic carbocycles. The summed E-state index contributed by atoms with van der Waals surface area (Å²) in [5.74, 6) is 1.60. The molecular formula is C16H27NO2. The van der Waals surface area contributed by atoms with Crippen molar-refractivity contribution in [1.29, 1.82) is 0 Å². The average molecular weight is 265 g/mol. The minimum atomic E-state index is 0.0621. The second-order valence-electron chi connectivity index (χ2n) is 5.46. The van der Waals surface area contributed by atoms with Gasteiger partial charge >= 0.3 is 0 Å². The number of ether oxygens (including phenoxy) is 2. The zero-order valence-electron chi connectivity index (χ0n) is 12.6. The van der Waals surface area contributed by atoms with Crippen LogP contribution in [0.1, 0.15) is 44.4 Å². The highest BCUT2D eigenvalue weighted by Gasteiger charge is 2.04. The van der Waals surface area contributed by atoms with Crippen LogP contribution in [0.25, 0.3) is 0 Å². The van der Waals surface area contributed by atoms with Gasteiger partial charge in [0.15, 0.2) is 0 Å². The average Bonchev–Trinajstić information content (AvgIpc) is 2.34. The minimum Gasteiger partial charge on any atom is -0.491 e. The van der Waals surface area contributed by atoms with Crippen LogP contribution >= 0.6 is 0 Å². The molecule has 0 spiro atoms. The van der Waals surface area contributed by atoms with E-state index in [1.54, 1.807) is 0 Å². The van der Waals surface area contributed by atoms with E-state index in [0.717, 1.165) is 29.9 Å². The lowest BCUT2D eigenvalue weighted by molar-refractivity contribution is 0.0924. The fourth-order valence-corrected chi connectivity index (χ4v) is 1.75. The molecule has 2 N–H and O–H groups in total. The molecule has 3 nitrogen and oxygen atoms in total. The first-order chi connectivity index (χ1) is 9.00. The van der Waals surface area contributed by atoms with Crippen molar-refractivity contribution in [3.63, 3.8) is 0 Å². The number of aryl methyl sites for hydroxylation is 1. The zero-order chi connectivity index (χ0) is 14.3. The first-order valence-electron chi connectivity index (χ1n) is 7.07. The van der Waals surface area contributed by atoms with E-state index in [1.807, 2.05) is 26.0 Å². The van der Waals surface area contributed by atoms with Crippen LogP contribution in [0.5, 0.6) is 5.75 Å². The van der Waals surface area contributed by atoms with Crippen molar-refractivity contribution in [3.8, 4) is 5.75 Å². The fourth-order valence-electron chi connectivity index (χ4n) is 1.75. The van der Waals surface area contributed by atoms with Gasteiger partial charge < -0.3 is 15.2 Å². The third kappa shape index (κ3) is 6.08. The summed E-state index contributed by atoms with van der Waals surface area (Å²) >= 11 is 0. The Morgan fingerprint density at radius 3 is 2.42 bits per heavy atom. The molecule has 0 unspecified atom stereocenters. The smallest absolute Gasteiger partial charge is 0.122 e. The number of benzene rings is 1. The molecule has 1 atom stereocenters. The summed E-state index contributed by atoms with van der Waals surface area (Å²) in [5.41, 5.74) is 8.11. The van der Waals surface area contributed by atoms with E-state index in [4.69, 9.17) is 15.2 Å². The van der Waals surface area contributed by atoms with E-state index in [2.05, 4.69) is 19.9 Å². The Morgan fingerprint density at radius 1 is 1.11 bits per heavy atom. The SMILES string of the molecule is Cc1cc([C@@H](C)N)ccc1OCCOCCC(C)C. The Balaban J connectivity index is 2.30. The van der Waals surface area contributed by atoms with Crippen molar-refractivity contribution in [2.45, 2.75) is 40.2 Å². The highest BCUT2D eigenvalue weighted by molar-refractivity contribution is 5.37. The van der Waals surface area contributed by atoms with Gasteiger partial charge in [-0.1, -0.05) is 26.0 Å². The predicted molar refractivity (Wildman–Crippen MR) is 79.6 cm³/mol. The molecule has 0 bridgehead atoms. The van der Waals surface area contributed by atoms with Crippen LogP contribution in [-0.2, 0) is 4.74 Å². The highest BCUT2D eigenvalue weighted by Crippen LogP contribution is 2.21. The van der Waals surface area contributed by atoms with Gasteiger partial charge in [-0.25, -0.2) is 0 Å². The normalized spacial score (nSPS) is 12.7. The van der Waals surface area contributed by atoms with Gasteiger partial charge in [0.2, 0.25) is 0 Å². The van der Waals surface area contributed by atoms with Gasteiger partial charge in [0.05, 0.1) is 6.61 Å². The Labute approximate surface area is 117 Å². The molecule has 0 saturated carbocycles. The largest absolute Gasteiger partial charge is 0.491 e. The summed E-state index contributed by atoms with van der Waals surface area (Å²) in [6.07, 6.45) is 1.10. The number of rotatable bonds is 8. The molecule has 0 amide bonds. The maximum absolute atomic E-state index is 5.85. The number of nitrogens with two attached hydrogens (primary N) is 1. The predicted octanol–water partition coefficient (Wildman–Crippen LogP) is 3.46. The molecule has 0 saturated heterocycles. The Bertz CT molecular complexity index is 375. The highest BCUT2D eigenvalue weighted by atomic mass is 16.5. The molecule has 0 heterocycles. The van der Waals surface area contributed by atoms with Crippen molar-refractivity contribution in [3.05, 3.63) is 29.3 Å². The number of hydrogen-bond donors (Lipinski definition) is 1.